The van der Waals surface area contributed by atoms with Crippen molar-refractivity contribution in [2.24, 2.45) is 0 Å². The monoisotopic (exact) mass is 405 g/mol. The number of hydrogen-bond acceptors (Lipinski definition) is 5. The minimum absolute atomic E-state index is 0.197. The molecule has 0 spiro atoms. The van der Waals surface area contributed by atoms with Crippen molar-refractivity contribution < 1.29 is 17.7 Å². The maximum atomic E-state index is 12.8. The number of aryl methyl sites for hydroxylation is 1. The summed E-state index contributed by atoms with van der Waals surface area (Å²) < 4.78 is 32.4. The smallest absolute Gasteiger partial charge is 0.258 e. The molecule has 0 aliphatic heterocycles. The molecule has 3 rings (SSSR count). The first-order chi connectivity index (χ1) is 13.5. The van der Waals surface area contributed by atoms with Crippen LogP contribution in [0.15, 0.2) is 33.7 Å². The van der Waals surface area contributed by atoms with Crippen LogP contribution in [0.3, 0.4) is 0 Å². The van der Waals surface area contributed by atoms with Crippen molar-refractivity contribution in [3.05, 3.63) is 41.1 Å². The molecule has 8 heteroatoms. The normalized spacial score (nSPS) is 14.1. The molecule has 0 unspecified atom stereocenters. The summed E-state index contributed by atoms with van der Waals surface area (Å²) in [4.78, 5) is 12.7. The Kier molecular flexibility index (Phi) is 6.51. The number of nitrogens with zero attached hydrogens (tertiary/aromatic N) is 2. The molecule has 0 fully saturated rings. The highest BCUT2D eigenvalue weighted by atomic mass is 32.2. The van der Waals surface area contributed by atoms with Crippen LogP contribution in [0.2, 0.25) is 0 Å². The lowest BCUT2D eigenvalue weighted by Gasteiger charge is -2.21. The van der Waals surface area contributed by atoms with Crippen LogP contribution < -0.4 is 5.32 Å². The number of carbonyl (C=O) groups excluding carboxylic acids is 1. The van der Waals surface area contributed by atoms with Gasteiger partial charge in [-0.1, -0.05) is 19.0 Å². The third-order valence-electron chi connectivity index (χ3n) is 4.89. The Hall–Kier alpha value is -2.19. The van der Waals surface area contributed by atoms with Crippen molar-refractivity contribution in [2.45, 2.75) is 57.3 Å². The molecule has 0 atom stereocenters. The maximum Gasteiger partial charge on any atom is 0.258 e. The van der Waals surface area contributed by atoms with E-state index in [0.717, 1.165) is 49.8 Å². The number of rotatable bonds is 8. The number of nitrogens with one attached hydrogen (secondary N) is 1. The Morgan fingerprint density at radius 1 is 1.11 bits per heavy atom. The van der Waals surface area contributed by atoms with Gasteiger partial charge in [0, 0.05) is 24.2 Å². The molecule has 2 aromatic rings. The van der Waals surface area contributed by atoms with Crippen molar-refractivity contribution >= 4 is 21.8 Å². The van der Waals surface area contributed by atoms with Gasteiger partial charge in [0.15, 0.2) is 0 Å². The van der Waals surface area contributed by atoms with E-state index < -0.39 is 10.0 Å². The number of fused-ring (bicyclic) bond motifs is 1. The Balaban J connectivity index is 1.74. The molecule has 152 valence electrons. The second kappa shape index (κ2) is 8.87. The molecule has 1 aliphatic carbocycles. The highest BCUT2D eigenvalue weighted by Crippen LogP contribution is 2.28. The number of amides is 1. The minimum Gasteiger partial charge on any atom is -0.338 e. The fourth-order valence-corrected chi connectivity index (χ4v) is 5.07. The lowest BCUT2D eigenvalue weighted by molar-refractivity contribution is 0.102. The van der Waals surface area contributed by atoms with Crippen LogP contribution in [0.25, 0.3) is 0 Å². The average Bonchev–Trinajstić information content (AvgIpc) is 3.11. The Morgan fingerprint density at radius 3 is 2.39 bits per heavy atom. The van der Waals surface area contributed by atoms with E-state index in [9.17, 15) is 13.2 Å². The van der Waals surface area contributed by atoms with Gasteiger partial charge < -0.3 is 4.52 Å². The lowest BCUT2D eigenvalue weighted by Crippen LogP contribution is -2.32. The van der Waals surface area contributed by atoms with E-state index in [1.165, 1.54) is 28.6 Å². The van der Waals surface area contributed by atoms with Gasteiger partial charge in [-0.05, 0) is 62.8 Å². The van der Waals surface area contributed by atoms with Crippen LogP contribution >= 0.6 is 0 Å². The van der Waals surface area contributed by atoms with Gasteiger partial charge >= 0.3 is 0 Å². The molecule has 1 aromatic heterocycles. The third kappa shape index (κ3) is 4.28. The maximum absolute atomic E-state index is 12.8. The first-order valence-electron chi connectivity index (χ1n) is 9.86. The fourth-order valence-electron chi connectivity index (χ4n) is 3.44. The molecule has 0 radical (unpaired) electrons. The van der Waals surface area contributed by atoms with Crippen LogP contribution in [-0.2, 0) is 22.9 Å². The van der Waals surface area contributed by atoms with Gasteiger partial charge in [0.2, 0.25) is 15.9 Å². The summed E-state index contributed by atoms with van der Waals surface area (Å²) in [5.41, 5.74) is 2.25. The first-order valence-corrected chi connectivity index (χ1v) is 11.3. The molecule has 0 bridgehead atoms. The molecule has 0 saturated carbocycles. The van der Waals surface area contributed by atoms with Gasteiger partial charge in [-0.25, -0.2) is 8.42 Å². The first kappa shape index (κ1) is 20.5. The Bertz CT molecular complexity index is 913. The van der Waals surface area contributed by atoms with Crippen molar-refractivity contribution in [3.8, 4) is 0 Å². The summed E-state index contributed by atoms with van der Waals surface area (Å²) in [6.07, 6.45) is 5.34. The van der Waals surface area contributed by atoms with E-state index in [1.807, 2.05) is 13.8 Å². The third-order valence-corrected chi connectivity index (χ3v) is 6.80. The van der Waals surface area contributed by atoms with Crippen LogP contribution in [0, 0.1) is 0 Å². The molecule has 1 aromatic carbocycles. The molecule has 7 nitrogen and oxygen atoms in total. The zero-order valence-electron chi connectivity index (χ0n) is 16.4. The number of sulfonamides is 1. The van der Waals surface area contributed by atoms with E-state index in [0.29, 0.717) is 24.5 Å². The molecular weight excluding hydrogens is 378 g/mol. The van der Waals surface area contributed by atoms with E-state index >= 15 is 0 Å². The van der Waals surface area contributed by atoms with Crippen molar-refractivity contribution in [2.75, 3.05) is 18.4 Å². The van der Waals surface area contributed by atoms with Crippen LogP contribution in [-0.4, -0.2) is 36.9 Å². The van der Waals surface area contributed by atoms with Gasteiger partial charge in [0.1, 0.15) is 0 Å². The predicted octanol–water partition coefficient (Wildman–Crippen LogP) is 3.62. The standard InChI is InChI=1S/C20H27N3O4S/c1-3-13-23(14-4-2)28(25,26)16-11-9-15(10-12-16)19(24)21-20-17-7-5-6-8-18(17)22-27-20/h9-12H,3-8,13-14H2,1-2H3,(H,21,24). The second-order valence-corrected chi connectivity index (χ2v) is 8.96. The zero-order chi connectivity index (χ0) is 20.1. The van der Waals surface area contributed by atoms with Crippen LogP contribution in [0.5, 0.6) is 0 Å². The van der Waals surface area contributed by atoms with Gasteiger partial charge in [0.05, 0.1) is 10.6 Å². The van der Waals surface area contributed by atoms with Gasteiger partial charge in [-0.15, -0.1) is 0 Å². The molecular formula is C20H27N3O4S. The van der Waals surface area contributed by atoms with E-state index in [1.54, 1.807) is 0 Å². The summed E-state index contributed by atoms with van der Waals surface area (Å²) in [5, 5.41) is 6.79. The van der Waals surface area contributed by atoms with Crippen LogP contribution in [0.4, 0.5) is 5.88 Å². The van der Waals surface area contributed by atoms with Gasteiger partial charge in [-0.3, -0.25) is 10.1 Å². The van der Waals surface area contributed by atoms with Crippen molar-refractivity contribution in [3.63, 3.8) is 0 Å². The molecule has 1 heterocycles. The highest BCUT2D eigenvalue weighted by Gasteiger charge is 2.24. The summed E-state index contributed by atoms with van der Waals surface area (Å²) in [6.45, 7) is 4.87. The topological polar surface area (TPSA) is 92.5 Å². The predicted molar refractivity (Wildman–Crippen MR) is 107 cm³/mol. The summed E-state index contributed by atoms with van der Waals surface area (Å²) >= 11 is 0. The molecule has 1 N–H and O–H groups in total. The fraction of sp³-hybridized carbons (Fsp3) is 0.500. The minimum atomic E-state index is -3.56. The van der Waals surface area contributed by atoms with Crippen molar-refractivity contribution in [1.29, 1.82) is 0 Å². The lowest BCUT2D eigenvalue weighted by atomic mass is 9.97. The molecule has 28 heavy (non-hydrogen) atoms. The number of anilines is 1. The quantitative estimate of drug-likeness (QED) is 0.724. The van der Waals surface area contributed by atoms with Crippen LogP contribution in [0.1, 0.15) is 61.1 Å². The molecule has 1 aliphatic rings. The number of aromatic nitrogens is 1. The average molecular weight is 406 g/mol. The Labute approximate surface area is 166 Å². The number of carbonyl (C=O) groups is 1. The highest BCUT2D eigenvalue weighted by molar-refractivity contribution is 7.89. The summed E-state index contributed by atoms with van der Waals surface area (Å²) in [5.74, 6) is 0.0564. The Morgan fingerprint density at radius 2 is 1.75 bits per heavy atom. The molecule has 0 saturated heterocycles. The van der Waals surface area contributed by atoms with Gasteiger partial charge in [0.25, 0.3) is 5.91 Å². The largest absolute Gasteiger partial charge is 0.338 e. The van der Waals surface area contributed by atoms with E-state index in [4.69, 9.17) is 4.52 Å². The van der Waals surface area contributed by atoms with Gasteiger partial charge in [-0.2, -0.15) is 4.31 Å². The number of benzene rings is 1. The second-order valence-electron chi connectivity index (χ2n) is 7.03. The zero-order valence-corrected chi connectivity index (χ0v) is 17.2. The molecule has 1 amide bonds. The van der Waals surface area contributed by atoms with E-state index in [-0.39, 0.29) is 10.8 Å². The SMILES string of the molecule is CCCN(CCC)S(=O)(=O)c1ccc(C(=O)Nc2onc3c2CCCC3)cc1. The summed E-state index contributed by atoms with van der Waals surface area (Å²) in [6, 6.07) is 6.03. The van der Waals surface area contributed by atoms with Crippen molar-refractivity contribution in [1.82, 2.24) is 9.46 Å². The van der Waals surface area contributed by atoms with E-state index in [2.05, 4.69) is 10.5 Å². The summed E-state index contributed by atoms with van der Waals surface area (Å²) in [7, 11) is -3.56. The number of hydrogen-bond donors (Lipinski definition) is 1.